The highest BCUT2D eigenvalue weighted by molar-refractivity contribution is 7.92. The number of likely N-dealkylation sites (tertiary alicyclic amines) is 1. The van der Waals surface area contributed by atoms with E-state index in [0.29, 0.717) is 49.7 Å². The van der Waals surface area contributed by atoms with Crippen LogP contribution in [-0.4, -0.2) is 59.0 Å². The van der Waals surface area contributed by atoms with Gasteiger partial charge < -0.3 is 24.4 Å². The molecule has 1 aliphatic heterocycles. The van der Waals surface area contributed by atoms with Crippen molar-refractivity contribution in [3.05, 3.63) is 48.0 Å². The fourth-order valence-corrected chi connectivity index (χ4v) is 5.34. The maximum Gasteiger partial charge on any atom is 0.317 e. The lowest BCUT2D eigenvalue weighted by Gasteiger charge is -2.31. The molecule has 1 fully saturated rings. The van der Waals surface area contributed by atoms with Gasteiger partial charge in [-0.3, -0.25) is 0 Å². The van der Waals surface area contributed by atoms with Crippen LogP contribution in [0.4, 0.5) is 4.79 Å². The largest absolute Gasteiger partial charge is 0.497 e. The molecule has 1 N–H and O–H groups in total. The minimum absolute atomic E-state index is 0.213. The van der Waals surface area contributed by atoms with Gasteiger partial charge in [-0.05, 0) is 54.8 Å². The van der Waals surface area contributed by atoms with Crippen molar-refractivity contribution in [2.45, 2.75) is 29.5 Å². The number of carbonyl (C=O) groups excluding carboxylic acids is 1. The lowest BCUT2D eigenvalue weighted by Crippen LogP contribution is -2.46. The second kappa shape index (κ2) is 9.91. The van der Waals surface area contributed by atoms with Crippen LogP contribution in [0.1, 0.15) is 18.4 Å². The van der Waals surface area contributed by atoms with Crippen molar-refractivity contribution in [3.8, 4) is 17.2 Å². The van der Waals surface area contributed by atoms with E-state index >= 15 is 0 Å². The van der Waals surface area contributed by atoms with Gasteiger partial charge in [-0.15, -0.1) is 0 Å². The number of rotatable bonds is 7. The smallest absolute Gasteiger partial charge is 0.317 e. The number of benzene rings is 2. The van der Waals surface area contributed by atoms with E-state index in [1.807, 2.05) is 12.1 Å². The van der Waals surface area contributed by atoms with E-state index in [0.717, 1.165) is 5.56 Å². The van der Waals surface area contributed by atoms with E-state index in [1.165, 1.54) is 7.11 Å². The number of hydrogen-bond acceptors (Lipinski definition) is 6. The van der Waals surface area contributed by atoms with Gasteiger partial charge in [-0.2, -0.15) is 0 Å². The Labute approximate surface area is 183 Å². The summed E-state index contributed by atoms with van der Waals surface area (Å²) in [5.74, 6) is 1.83. The number of urea groups is 1. The predicted molar refractivity (Wildman–Crippen MR) is 117 cm³/mol. The van der Waals surface area contributed by atoms with Crippen molar-refractivity contribution in [1.82, 2.24) is 10.2 Å². The van der Waals surface area contributed by atoms with Gasteiger partial charge in [0, 0.05) is 19.6 Å². The maximum atomic E-state index is 12.9. The SMILES string of the molecule is COc1ccc(S(=O)(=O)C2CCN(C(=O)NCc3ccc(OC)c(OC)c3)CC2)cc1. The van der Waals surface area contributed by atoms with Gasteiger partial charge in [0.05, 0.1) is 31.5 Å². The van der Waals surface area contributed by atoms with Crippen LogP contribution >= 0.6 is 0 Å². The van der Waals surface area contributed by atoms with Crippen molar-refractivity contribution in [2.24, 2.45) is 0 Å². The summed E-state index contributed by atoms with van der Waals surface area (Å²) in [6.07, 6.45) is 0.802. The molecule has 2 amide bonds. The molecule has 3 rings (SSSR count). The van der Waals surface area contributed by atoms with Crippen LogP contribution in [0.25, 0.3) is 0 Å². The average Bonchev–Trinajstić information content (AvgIpc) is 2.82. The van der Waals surface area contributed by atoms with Crippen molar-refractivity contribution >= 4 is 15.9 Å². The van der Waals surface area contributed by atoms with Gasteiger partial charge in [0.1, 0.15) is 5.75 Å². The van der Waals surface area contributed by atoms with E-state index in [9.17, 15) is 13.2 Å². The summed E-state index contributed by atoms with van der Waals surface area (Å²) in [5.41, 5.74) is 0.878. The zero-order valence-electron chi connectivity index (χ0n) is 18.0. The average molecular weight is 449 g/mol. The lowest BCUT2D eigenvalue weighted by molar-refractivity contribution is 0.186. The zero-order valence-corrected chi connectivity index (χ0v) is 18.8. The molecule has 2 aromatic rings. The number of hydrogen-bond donors (Lipinski definition) is 1. The molecule has 9 heteroatoms. The summed E-state index contributed by atoms with van der Waals surface area (Å²) in [5, 5.41) is 2.38. The number of nitrogens with one attached hydrogen (secondary N) is 1. The Morgan fingerprint density at radius 1 is 0.968 bits per heavy atom. The van der Waals surface area contributed by atoms with Crippen LogP contribution in [0.2, 0.25) is 0 Å². The molecule has 0 bridgehead atoms. The van der Waals surface area contributed by atoms with Crippen LogP contribution in [0.3, 0.4) is 0 Å². The summed E-state index contributed by atoms with van der Waals surface area (Å²) in [6.45, 7) is 1.11. The van der Waals surface area contributed by atoms with Gasteiger partial charge in [0.25, 0.3) is 0 Å². The minimum atomic E-state index is -3.45. The van der Waals surface area contributed by atoms with E-state index in [4.69, 9.17) is 14.2 Å². The van der Waals surface area contributed by atoms with Crippen LogP contribution < -0.4 is 19.5 Å². The van der Waals surface area contributed by atoms with Crippen LogP contribution in [-0.2, 0) is 16.4 Å². The third-order valence-electron chi connectivity index (χ3n) is 5.45. The summed E-state index contributed by atoms with van der Waals surface area (Å²) >= 11 is 0. The van der Waals surface area contributed by atoms with Crippen LogP contribution in [0, 0.1) is 0 Å². The first-order valence-electron chi connectivity index (χ1n) is 10.0. The van der Waals surface area contributed by atoms with Crippen molar-refractivity contribution < 1.29 is 27.4 Å². The highest BCUT2D eigenvalue weighted by atomic mass is 32.2. The topological polar surface area (TPSA) is 94.2 Å². The third kappa shape index (κ3) is 5.22. The molecule has 1 saturated heterocycles. The summed E-state index contributed by atoms with van der Waals surface area (Å²) in [6, 6.07) is 11.7. The number of carbonyl (C=O) groups is 1. The monoisotopic (exact) mass is 448 g/mol. The van der Waals surface area contributed by atoms with Crippen LogP contribution in [0.5, 0.6) is 17.2 Å². The second-order valence-corrected chi connectivity index (χ2v) is 9.48. The standard InChI is InChI=1S/C22H28N2O6S/c1-28-17-5-7-18(8-6-17)31(26,27)19-10-12-24(13-11-19)22(25)23-15-16-4-9-20(29-2)21(14-16)30-3/h4-9,14,19H,10-13,15H2,1-3H3,(H,23,25). The Balaban J connectivity index is 1.54. The molecule has 168 valence electrons. The quantitative estimate of drug-likeness (QED) is 0.700. The number of nitrogens with zero attached hydrogens (tertiary/aromatic N) is 1. The fraction of sp³-hybridized carbons (Fsp3) is 0.409. The first-order chi connectivity index (χ1) is 14.9. The molecule has 1 heterocycles. The second-order valence-electron chi connectivity index (χ2n) is 7.25. The highest BCUT2D eigenvalue weighted by Gasteiger charge is 2.32. The Hall–Kier alpha value is -2.94. The number of amides is 2. The van der Waals surface area contributed by atoms with Gasteiger partial charge in [-0.25, -0.2) is 13.2 Å². The molecule has 0 unspecified atom stereocenters. The predicted octanol–water partition coefficient (Wildman–Crippen LogP) is 2.86. The molecular weight excluding hydrogens is 420 g/mol. The Morgan fingerprint density at radius 2 is 1.61 bits per heavy atom. The maximum absolute atomic E-state index is 12.9. The summed E-state index contributed by atoms with van der Waals surface area (Å²) in [4.78, 5) is 14.5. The van der Waals surface area contributed by atoms with E-state index < -0.39 is 15.1 Å². The summed E-state index contributed by atoms with van der Waals surface area (Å²) < 4.78 is 41.4. The van der Waals surface area contributed by atoms with Crippen molar-refractivity contribution in [3.63, 3.8) is 0 Å². The van der Waals surface area contributed by atoms with Gasteiger partial charge in [-0.1, -0.05) is 6.07 Å². The number of sulfone groups is 1. The van der Waals surface area contributed by atoms with Crippen molar-refractivity contribution in [2.75, 3.05) is 34.4 Å². The van der Waals surface area contributed by atoms with E-state index in [-0.39, 0.29) is 10.9 Å². The number of methoxy groups -OCH3 is 3. The molecule has 1 aliphatic rings. The Bertz CT molecular complexity index is 999. The third-order valence-corrected chi connectivity index (χ3v) is 7.73. The van der Waals surface area contributed by atoms with Crippen LogP contribution in [0.15, 0.2) is 47.4 Å². The minimum Gasteiger partial charge on any atom is -0.497 e. The van der Waals surface area contributed by atoms with E-state index in [1.54, 1.807) is 49.5 Å². The molecular formula is C22H28N2O6S. The molecule has 31 heavy (non-hydrogen) atoms. The molecule has 8 nitrogen and oxygen atoms in total. The summed E-state index contributed by atoms with van der Waals surface area (Å²) in [7, 11) is 1.22. The fourth-order valence-electron chi connectivity index (χ4n) is 3.61. The highest BCUT2D eigenvalue weighted by Crippen LogP contribution is 2.28. The van der Waals surface area contributed by atoms with Gasteiger partial charge in [0.2, 0.25) is 0 Å². The van der Waals surface area contributed by atoms with Gasteiger partial charge >= 0.3 is 6.03 Å². The molecule has 0 atom stereocenters. The number of ether oxygens (including phenoxy) is 3. The molecule has 2 aromatic carbocycles. The normalized spacial score (nSPS) is 14.7. The zero-order chi connectivity index (χ0) is 22.4. The lowest BCUT2D eigenvalue weighted by atomic mass is 10.1. The number of piperidine rings is 1. The molecule has 0 spiro atoms. The molecule has 0 aromatic heterocycles. The van der Waals surface area contributed by atoms with Gasteiger partial charge in [0.15, 0.2) is 21.3 Å². The molecule has 0 radical (unpaired) electrons. The Kier molecular flexibility index (Phi) is 7.27. The molecule has 0 saturated carbocycles. The van der Waals surface area contributed by atoms with Crippen molar-refractivity contribution in [1.29, 1.82) is 0 Å². The Morgan fingerprint density at radius 3 is 2.19 bits per heavy atom. The molecule has 0 aliphatic carbocycles. The first-order valence-corrected chi connectivity index (χ1v) is 11.5. The van der Waals surface area contributed by atoms with E-state index in [2.05, 4.69) is 5.32 Å². The first kappa shape index (κ1) is 22.7.